The Balaban J connectivity index is 1.93. The van der Waals surface area contributed by atoms with Crippen LogP contribution in [0.1, 0.15) is 29.5 Å². The Morgan fingerprint density at radius 3 is 1.93 bits per heavy atom. The van der Waals surface area contributed by atoms with E-state index in [1.54, 1.807) is 7.11 Å². The van der Waals surface area contributed by atoms with Gasteiger partial charge in [-0.05, 0) is 54.1 Å². The summed E-state index contributed by atoms with van der Waals surface area (Å²) in [6, 6.07) is 30.1. The Kier molecular flexibility index (Phi) is 5.98. The van der Waals surface area contributed by atoms with Gasteiger partial charge in [0.05, 0.1) is 12.6 Å². The van der Waals surface area contributed by atoms with E-state index in [-0.39, 0.29) is 12.1 Å². The number of aliphatic hydroxyl groups excluding tert-OH is 1. The van der Waals surface area contributed by atoms with Crippen LogP contribution in [0.2, 0.25) is 0 Å². The van der Waals surface area contributed by atoms with Gasteiger partial charge in [-0.25, -0.2) is 0 Å². The molecule has 1 aliphatic rings. The highest BCUT2D eigenvalue weighted by molar-refractivity contribution is 5.50. The van der Waals surface area contributed by atoms with E-state index in [9.17, 15) is 5.11 Å². The van der Waals surface area contributed by atoms with Gasteiger partial charge in [0.1, 0.15) is 5.75 Å². The first-order chi connectivity index (χ1) is 14.3. The number of benzene rings is 3. The van der Waals surface area contributed by atoms with Gasteiger partial charge in [0.25, 0.3) is 0 Å². The van der Waals surface area contributed by atoms with Gasteiger partial charge in [-0.3, -0.25) is 4.90 Å². The van der Waals surface area contributed by atoms with Gasteiger partial charge in [-0.15, -0.1) is 0 Å². The van der Waals surface area contributed by atoms with E-state index < -0.39 is 0 Å². The Hall–Kier alpha value is -2.62. The fraction of sp³-hybridized carbons (Fsp3) is 0.308. The number of methoxy groups -OCH3 is 1. The van der Waals surface area contributed by atoms with Gasteiger partial charge in [0.15, 0.2) is 0 Å². The number of rotatable bonds is 7. The molecule has 0 aromatic heterocycles. The van der Waals surface area contributed by atoms with Crippen molar-refractivity contribution in [3.8, 4) is 5.75 Å². The van der Waals surface area contributed by atoms with Crippen molar-refractivity contribution in [3.63, 3.8) is 0 Å². The van der Waals surface area contributed by atoms with E-state index in [0.29, 0.717) is 5.92 Å². The van der Waals surface area contributed by atoms with Crippen LogP contribution in [0.4, 0.5) is 0 Å². The zero-order chi connectivity index (χ0) is 20.1. The first kappa shape index (κ1) is 19.7. The normalized spacial score (nSPS) is 17.4. The Morgan fingerprint density at radius 2 is 1.41 bits per heavy atom. The standard InChI is InChI=1S/C26H29NO2/c1-29-25-14-12-24(13-15-25)26(22-8-4-2-5-9-22,23-10-6-3-7-11-23)27-18-16-21(20-27)17-19-28/h2-15,21,28H,16-20H2,1H3. The number of hydrogen-bond donors (Lipinski definition) is 1. The smallest absolute Gasteiger partial charge is 0.118 e. The number of likely N-dealkylation sites (tertiary alicyclic amines) is 1. The minimum absolute atomic E-state index is 0.255. The summed E-state index contributed by atoms with van der Waals surface area (Å²) in [7, 11) is 1.70. The maximum absolute atomic E-state index is 9.49. The maximum atomic E-state index is 9.49. The molecule has 0 radical (unpaired) electrons. The first-order valence-corrected chi connectivity index (χ1v) is 10.4. The summed E-state index contributed by atoms with van der Waals surface area (Å²) in [4.78, 5) is 2.60. The van der Waals surface area contributed by atoms with Gasteiger partial charge >= 0.3 is 0 Å². The Morgan fingerprint density at radius 1 is 0.862 bits per heavy atom. The SMILES string of the molecule is COc1ccc(C(c2ccccc2)(c2ccccc2)N2CCC(CCO)C2)cc1. The molecule has 29 heavy (non-hydrogen) atoms. The van der Waals surface area contributed by atoms with E-state index >= 15 is 0 Å². The molecule has 1 saturated heterocycles. The van der Waals surface area contributed by atoms with Crippen LogP contribution >= 0.6 is 0 Å². The molecule has 1 unspecified atom stereocenters. The molecule has 3 heteroatoms. The van der Waals surface area contributed by atoms with E-state index in [1.807, 2.05) is 0 Å². The molecule has 3 nitrogen and oxygen atoms in total. The molecule has 0 amide bonds. The van der Waals surface area contributed by atoms with Crippen molar-refractivity contribution in [2.45, 2.75) is 18.4 Å². The number of hydrogen-bond acceptors (Lipinski definition) is 3. The van der Waals surface area contributed by atoms with E-state index in [2.05, 4.69) is 89.8 Å². The van der Waals surface area contributed by atoms with E-state index in [4.69, 9.17) is 4.74 Å². The lowest BCUT2D eigenvalue weighted by Crippen LogP contribution is -2.47. The minimum atomic E-state index is -0.376. The van der Waals surface area contributed by atoms with Crippen LogP contribution in [0.25, 0.3) is 0 Å². The van der Waals surface area contributed by atoms with Crippen LogP contribution in [-0.4, -0.2) is 36.8 Å². The topological polar surface area (TPSA) is 32.7 Å². The predicted molar refractivity (Wildman–Crippen MR) is 117 cm³/mol. The maximum Gasteiger partial charge on any atom is 0.118 e. The molecule has 4 rings (SSSR count). The molecule has 0 aliphatic carbocycles. The van der Waals surface area contributed by atoms with Crippen molar-refractivity contribution in [3.05, 3.63) is 102 Å². The summed E-state index contributed by atoms with van der Waals surface area (Å²) in [5.41, 5.74) is 3.39. The summed E-state index contributed by atoms with van der Waals surface area (Å²) in [5.74, 6) is 1.38. The second-order valence-electron chi connectivity index (χ2n) is 7.78. The third kappa shape index (κ3) is 3.68. The van der Waals surface area contributed by atoms with Crippen molar-refractivity contribution in [2.24, 2.45) is 5.92 Å². The molecule has 0 spiro atoms. The van der Waals surface area contributed by atoms with Crippen LogP contribution < -0.4 is 4.74 Å². The van der Waals surface area contributed by atoms with Crippen molar-refractivity contribution in [1.29, 1.82) is 0 Å². The molecule has 150 valence electrons. The molecule has 1 heterocycles. The molecule has 0 saturated carbocycles. The van der Waals surface area contributed by atoms with Crippen LogP contribution in [0, 0.1) is 5.92 Å². The van der Waals surface area contributed by atoms with Gasteiger partial charge in [0, 0.05) is 13.2 Å². The zero-order valence-corrected chi connectivity index (χ0v) is 17.0. The van der Waals surface area contributed by atoms with Crippen LogP contribution in [0.15, 0.2) is 84.9 Å². The van der Waals surface area contributed by atoms with E-state index in [1.165, 1.54) is 16.7 Å². The number of aliphatic hydroxyl groups is 1. The lowest BCUT2D eigenvalue weighted by atomic mass is 9.75. The highest BCUT2D eigenvalue weighted by Gasteiger charge is 2.44. The van der Waals surface area contributed by atoms with Gasteiger partial charge in [-0.1, -0.05) is 72.8 Å². The first-order valence-electron chi connectivity index (χ1n) is 10.4. The van der Waals surface area contributed by atoms with Crippen LogP contribution in [0.3, 0.4) is 0 Å². The summed E-state index contributed by atoms with van der Waals surface area (Å²) in [6.07, 6.45) is 1.97. The molecule has 3 aromatic carbocycles. The van der Waals surface area contributed by atoms with Gasteiger partial charge in [0.2, 0.25) is 0 Å². The molecule has 0 bridgehead atoms. The average Bonchev–Trinajstić information content (AvgIpc) is 3.25. The van der Waals surface area contributed by atoms with Crippen LogP contribution in [-0.2, 0) is 5.54 Å². The quantitative estimate of drug-likeness (QED) is 0.597. The van der Waals surface area contributed by atoms with E-state index in [0.717, 1.165) is 31.7 Å². The number of ether oxygens (including phenoxy) is 1. The summed E-state index contributed by atoms with van der Waals surface area (Å²) in [5, 5.41) is 9.49. The molecular formula is C26H29NO2. The molecule has 3 aromatic rings. The fourth-order valence-electron chi connectivity index (χ4n) is 4.79. The van der Waals surface area contributed by atoms with Gasteiger partial charge in [-0.2, -0.15) is 0 Å². The lowest BCUT2D eigenvalue weighted by molar-refractivity contribution is 0.183. The molecule has 1 atom stereocenters. The Bertz CT molecular complexity index is 854. The molecule has 1 N–H and O–H groups in total. The van der Waals surface area contributed by atoms with Crippen molar-refractivity contribution in [2.75, 3.05) is 26.8 Å². The number of nitrogens with zero attached hydrogens (tertiary/aromatic N) is 1. The van der Waals surface area contributed by atoms with Crippen molar-refractivity contribution < 1.29 is 9.84 Å². The van der Waals surface area contributed by atoms with Crippen LogP contribution in [0.5, 0.6) is 5.75 Å². The van der Waals surface area contributed by atoms with Crippen molar-refractivity contribution in [1.82, 2.24) is 4.90 Å². The lowest BCUT2D eigenvalue weighted by Gasteiger charge is -2.44. The second kappa shape index (κ2) is 8.81. The van der Waals surface area contributed by atoms with Crippen molar-refractivity contribution >= 4 is 0 Å². The Labute approximate surface area is 173 Å². The third-order valence-corrected chi connectivity index (χ3v) is 6.19. The molecular weight excluding hydrogens is 358 g/mol. The largest absolute Gasteiger partial charge is 0.497 e. The second-order valence-corrected chi connectivity index (χ2v) is 7.78. The molecule has 1 aliphatic heterocycles. The highest BCUT2D eigenvalue weighted by atomic mass is 16.5. The monoisotopic (exact) mass is 387 g/mol. The highest BCUT2D eigenvalue weighted by Crippen LogP contribution is 2.45. The predicted octanol–water partition coefficient (Wildman–Crippen LogP) is 4.69. The van der Waals surface area contributed by atoms with Gasteiger partial charge < -0.3 is 9.84 Å². The summed E-state index contributed by atoms with van der Waals surface area (Å²) >= 11 is 0. The fourth-order valence-corrected chi connectivity index (χ4v) is 4.79. The minimum Gasteiger partial charge on any atom is -0.497 e. The average molecular weight is 388 g/mol. The zero-order valence-electron chi connectivity index (χ0n) is 17.0. The molecule has 1 fully saturated rings. The summed E-state index contributed by atoms with van der Waals surface area (Å²) < 4.78 is 5.43. The summed E-state index contributed by atoms with van der Waals surface area (Å²) in [6.45, 7) is 2.22. The third-order valence-electron chi connectivity index (χ3n) is 6.19.